The largest absolute Gasteiger partial charge is 0.336 e. The number of hydrogen-bond donors (Lipinski definition) is 3. The summed E-state index contributed by atoms with van der Waals surface area (Å²) in [6.45, 7) is 0. The number of nitrogens with zero attached hydrogens (tertiary/aromatic N) is 5. The van der Waals surface area contributed by atoms with Crippen molar-refractivity contribution in [1.29, 1.82) is 0 Å². The highest BCUT2D eigenvalue weighted by Crippen LogP contribution is 2.35. The third-order valence-electron chi connectivity index (χ3n) is 6.17. The Hall–Kier alpha value is -4.51. The summed E-state index contributed by atoms with van der Waals surface area (Å²) in [7, 11) is 0. The zero-order valence-corrected chi connectivity index (χ0v) is 19.4. The lowest BCUT2D eigenvalue weighted by Gasteiger charge is -2.08. The maximum atomic E-state index is 16.0. The molecule has 3 N–H and O–H groups in total. The van der Waals surface area contributed by atoms with Crippen molar-refractivity contribution in [3.63, 3.8) is 0 Å². The minimum atomic E-state index is -0.506. The van der Waals surface area contributed by atoms with Crippen molar-refractivity contribution in [2.45, 2.75) is 12.8 Å². The van der Waals surface area contributed by atoms with E-state index < -0.39 is 5.82 Å². The number of imidazole rings is 1. The summed E-state index contributed by atoms with van der Waals surface area (Å²) in [6, 6.07) is 7.46. The SMILES string of the molecule is O=C(Nc1cncc(-c2cnc3[nH]nc(-c4nc5c(-c6cccs6)nccc5[nH]4)c3c2F)c1)C1CC1. The van der Waals surface area contributed by atoms with Crippen LogP contribution in [0.3, 0.4) is 0 Å². The standard InChI is InChI=1S/C25H17FN8OS/c26-19-15(13-8-14(10-27-9-13)30-25(35)12-3-4-12)11-29-23-18(19)22(33-34-23)24-31-16-5-6-28-21(20(16)32-24)17-2-1-7-36-17/h1-2,5-12H,3-4H2,(H,30,35)(H,31,32)(H,29,33,34). The topological polar surface area (TPSA) is 125 Å². The van der Waals surface area contributed by atoms with Crippen LogP contribution in [0.2, 0.25) is 0 Å². The molecule has 6 heterocycles. The molecule has 1 amide bonds. The Kier molecular flexibility index (Phi) is 4.64. The molecular weight excluding hydrogens is 479 g/mol. The van der Waals surface area contributed by atoms with Gasteiger partial charge in [0.2, 0.25) is 5.91 Å². The Balaban J connectivity index is 1.32. The van der Waals surface area contributed by atoms with Gasteiger partial charge in [-0.05, 0) is 36.4 Å². The second kappa shape index (κ2) is 8.02. The molecule has 6 aromatic heterocycles. The summed E-state index contributed by atoms with van der Waals surface area (Å²) in [5, 5.41) is 12.2. The van der Waals surface area contributed by atoms with Crippen molar-refractivity contribution in [3.05, 3.63) is 60.3 Å². The second-order valence-corrected chi connectivity index (χ2v) is 9.57. The van der Waals surface area contributed by atoms with Gasteiger partial charge in [-0.3, -0.25) is 19.9 Å². The van der Waals surface area contributed by atoms with E-state index in [9.17, 15) is 4.79 Å². The smallest absolute Gasteiger partial charge is 0.227 e. The maximum absolute atomic E-state index is 16.0. The van der Waals surface area contributed by atoms with Gasteiger partial charge in [0.15, 0.2) is 11.5 Å². The number of aromatic nitrogens is 7. The number of anilines is 1. The molecule has 0 saturated heterocycles. The molecule has 36 heavy (non-hydrogen) atoms. The van der Waals surface area contributed by atoms with Crippen LogP contribution in [0.4, 0.5) is 10.1 Å². The summed E-state index contributed by atoms with van der Waals surface area (Å²) in [6.07, 6.45) is 8.02. The van der Waals surface area contributed by atoms with Crippen LogP contribution in [0.15, 0.2) is 54.4 Å². The van der Waals surface area contributed by atoms with Crippen molar-refractivity contribution in [2.75, 3.05) is 5.32 Å². The van der Waals surface area contributed by atoms with Gasteiger partial charge in [0.25, 0.3) is 0 Å². The molecule has 1 aliphatic carbocycles. The number of rotatable bonds is 5. The first-order chi connectivity index (χ1) is 17.7. The lowest BCUT2D eigenvalue weighted by molar-refractivity contribution is -0.117. The van der Waals surface area contributed by atoms with E-state index in [0.29, 0.717) is 33.9 Å². The third-order valence-corrected chi connectivity index (χ3v) is 7.05. The van der Waals surface area contributed by atoms with Crippen LogP contribution >= 0.6 is 11.3 Å². The Bertz CT molecular complexity index is 1770. The number of carbonyl (C=O) groups excluding carboxylic acids is 1. The monoisotopic (exact) mass is 496 g/mol. The van der Waals surface area contributed by atoms with Gasteiger partial charge in [0, 0.05) is 35.6 Å². The quantitative estimate of drug-likeness (QED) is 0.302. The highest BCUT2D eigenvalue weighted by atomic mass is 32.1. The molecule has 1 aliphatic rings. The molecule has 0 bridgehead atoms. The van der Waals surface area contributed by atoms with E-state index in [1.54, 1.807) is 36.0 Å². The molecule has 6 aromatic rings. The molecule has 9 nitrogen and oxygen atoms in total. The zero-order chi connectivity index (χ0) is 24.2. The molecule has 0 spiro atoms. The average Bonchev–Trinajstić information content (AvgIpc) is 3.27. The predicted octanol–water partition coefficient (Wildman–Crippen LogP) is 5.17. The van der Waals surface area contributed by atoms with Gasteiger partial charge in [-0.1, -0.05) is 6.07 Å². The Labute approximate surface area is 206 Å². The fraction of sp³-hybridized carbons (Fsp3) is 0.120. The van der Waals surface area contributed by atoms with Crippen LogP contribution < -0.4 is 5.32 Å². The van der Waals surface area contributed by atoms with Gasteiger partial charge in [0.05, 0.1) is 27.7 Å². The highest BCUT2D eigenvalue weighted by molar-refractivity contribution is 7.13. The van der Waals surface area contributed by atoms with Crippen LogP contribution in [0.1, 0.15) is 12.8 Å². The summed E-state index contributed by atoms with van der Waals surface area (Å²) >= 11 is 1.57. The third kappa shape index (κ3) is 3.43. The lowest BCUT2D eigenvalue weighted by Crippen LogP contribution is -2.13. The molecule has 0 unspecified atom stereocenters. The molecule has 1 fully saturated rings. The normalized spacial score (nSPS) is 13.5. The molecular formula is C25H17FN8OS. The number of halogens is 1. The van der Waals surface area contributed by atoms with E-state index in [4.69, 9.17) is 4.98 Å². The summed E-state index contributed by atoms with van der Waals surface area (Å²) in [5.74, 6) is -0.0885. The van der Waals surface area contributed by atoms with E-state index in [1.165, 1.54) is 6.20 Å². The van der Waals surface area contributed by atoms with Crippen LogP contribution in [0.5, 0.6) is 0 Å². The van der Waals surface area contributed by atoms with Crippen molar-refractivity contribution >= 4 is 45.0 Å². The number of fused-ring (bicyclic) bond motifs is 2. The molecule has 176 valence electrons. The van der Waals surface area contributed by atoms with Gasteiger partial charge < -0.3 is 10.3 Å². The highest BCUT2D eigenvalue weighted by Gasteiger charge is 2.29. The first kappa shape index (κ1) is 20.8. The van der Waals surface area contributed by atoms with Crippen LogP contribution in [-0.2, 0) is 4.79 Å². The van der Waals surface area contributed by atoms with Crippen molar-refractivity contribution in [1.82, 2.24) is 35.1 Å². The van der Waals surface area contributed by atoms with E-state index in [2.05, 4.69) is 35.5 Å². The second-order valence-electron chi connectivity index (χ2n) is 8.63. The number of pyridine rings is 3. The molecule has 11 heteroatoms. The van der Waals surface area contributed by atoms with E-state index in [-0.39, 0.29) is 22.8 Å². The Morgan fingerprint density at radius 1 is 1.14 bits per heavy atom. The molecule has 0 aliphatic heterocycles. The van der Waals surface area contributed by atoms with Crippen molar-refractivity contribution in [3.8, 4) is 33.2 Å². The lowest BCUT2D eigenvalue weighted by atomic mass is 10.1. The zero-order valence-electron chi connectivity index (χ0n) is 18.6. The maximum Gasteiger partial charge on any atom is 0.227 e. The average molecular weight is 497 g/mol. The minimum absolute atomic E-state index is 0.0404. The van der Waals surface area contributed by atoms with E-state index >= 15 is 4.39 Å². The number of H-pyrrole nitrogens is 2. The van der Waals surface area contributed by atoms with E-state index in [1.807, 2.05) is 23.6 Å². The summed E-state index contributed by atoms with van der Waals surface area (Å²) in [4.78, 5) is 34.2. The van der Waals surface area contributed by atoms with Gasteiger partial charge in [-0.2, -0.15) is 5.10 Å². The van der Waals surface area contributed by atoms with Crippen LogP contribution in [-0.4, -0.2) is 41.0 Å². The fourth-order valence-corrected chi connectivity index (χ4v) is 4.94. The van der Waals surface area contributed by atoms with Gasteiger partial charge in [-0.25, -0.2) is 14.4 Å². The first-order valence-corrected chi connectivity index (χ1v) is 12.2. The Morgan fingerprint density at radius 2 is 2.06 bits per heavy atom. The van der Waals surface area contributed by atoms with Crippen LogP contribution in [0, 0.1) is 11.7 Å². The summed E-state index contributed by atoms with van der Waals surface area (Å²) < 4.78 is 16.0. The van der Waals surface area contributed by atoms with Crippen LogP contribution in [0.25, 0.3) is 55.3 Å². The summed E-state index contributed by atoms with van der Waals surface area (Å²) in [5.41, 5.74) is 4.08. The van der Waals surface area contributed by atoms with E-state index in [0.717, 1.165) is 28.9 Å². The molecule has 0 aromatic carbocycles. The van der Waals surface area contributed by atoms with Crippen molar-refractivity contribution in [2.24, 2.45) is 5.92 Å². The van der Waals surface area contributed by atoms with Crippen molar-refractivity contribution < 1.29 is 9.18 Å². The number of thiophene rings is 1. The van der Waals surface area contributed by atoms with Gasteiger partial charge in [0.1, 0.15) is 22.7 Å². The number of nitrogens with one attached hydrogen (secondary N) is 3. The Morgan fingerprint density at radius 3 is 2.89 bits per heavy atom. The number of amides is 1. The fourth-order valence-electron chi connectivity index (χ4n) is 4.21. The van der Waals surface area contributed by atoms with Gasteiger partial charge in [-0.15, -0.1) is 11.3 Å². The number of hydrogen-bond acceptors (Lipinski definition) is 7. The molecule has 7 rings (SSSR count). The predicted molar refractivity (Wildman–Crippen MR) is 135 cm³/mol. The number of aromatic amines is 2. The molecule has 0 atom stereocenters. The first-order valence-electron chi connectivity index (χ1n) is 11.3. The minimum Gasteiger partial charge on any atom is -0.336 e. The van der Waals surface area contributed by atoms with Gasteiger partial charge >= 0.3 is 0 Å². The molecule has 1 saturated carbocycles. The number of carbonyl (C=O) groups is 1. The molecule has 0 radical (unpaired) electrons.